The van der Waals surface area contributed by atoms with Crippen molar-refractivity contribution in [2.24, 2.45) is 5.73 Å². The van der Waals surface area contributed by atoms with E-state index in [1.165, 1.54) is 19.1 Å². The van der Waals surface area contributed by atoms with E-state index in [2.05, 4.69) is 99.0 Å². The highest BCUT2D eigenvalue weighted by atomic mass is 35.5. The van der Waals surface area contributed by atoms with Gasteiger partial charge in [0.1, 0.15) is 71.6 Å². The molecule has 3 N–H and O–H groups in total. The standard InChI is InChI=1S/C23H20N6O.C15H13ClN4.2C14H12N4.C8H8N2O/c1-15-2-4-21(17(8-15)10-24)29-7-6-19-18(12-29)23(27-13-26-19)25-11-16-3-5-22-20(9-16)28-14-30-22;1-10-2-3-14(11(6-10)7-17)20-5-4-13-12(8-20)15(16)19-9-18-13;2*15-7-11-3-1-2-4-14(11)18-6-5-13-12(9-18)8-16-10-17-13;9-4-6-1-2-8-7(3-6)10-5-11-8/h2-5,8-9,13-14H,6-7,11-12H2,1H3,(H,25,26,27);2-3,6,9H,4-5,8H2,1H3;2*1-4,8,10H,5-6,9H2;1-3,5H,4,9H2. The molecule has 6 aromatic heterocycles. The maximum absolute atomic E-state index is 9.57. The number of nitrogens with two attached hydrogens (primary N) is 1. The monoisotopic (exact) mass is 1300 g/mol. The number of fused-ring (bicyclic) bond motifs is 6. The molecule has 0 bridgehead atoms. The van der Waals surface area contributed by atoms with Crippen LogP contribution in [0.3, 0.4) is 0 Å². The Morgan fingerprint density at radius 3 is 1.43 bits per heavy atom. The minimum atomic E-state index is 0.505. The van der Waals surface area contributed by atoms with Crippen molar-refractivity contribution >= 4 is 62.4 Å². The number of aryl methyl sites for hydroxylation is 2. The Balaban J connectivity index is 0.000000120. The van der Waals surface area contributed by atoms with Crippen molar-refractivity contribution in [3.05, 3.63) is 267 Å². The van der Waals surface area contributed by atoms with E-state index in [-0.39, 0.29) is 0 Å². The maximum Gasteiger partial charge on any atom is 0.181 e. The molecule has 22 nitrogen and oxygen atoms in total. The predicted octanol–water partition coefficient (Wildman–Crippen LogP) is 12.0. The van der Waals surface area contributed by atoms with E-state index in [1.54, 1.807) is 19.0 Å². The first-order valence-electron chi connectivity index (χ1n) is 31.5. The predicted molar refractivity (Wildman–Crippen MR) is 369 cm³/mol. The first-order chi connectivity index (χ1) is 47.6. The summed E-state index contributed by atoms with van der Waals surface area (Å²) < 4.78 is 10.4. The summed E-state index contributed by atoms with van der Waals surface area (Å²) in [6.07, 6.45) is 16.4. The fraction of sp³-hybridized carbons (Fsp3) is 0.216. The number of hydrogen-bond donors (Lipinski definition) is 2. The van der Waals surface area contributed by atoms with Gasteiger partial charge in [-0.25, -0.2) is 49.8 Å². The highest BCUT2D eigenvalue weighted by molar-refractivity contribution is 6.30. The molecule has 12 aromatic rings. The molecule has 0 atom stereocenters. The Morgan fingerprint density at radius 2 is 0.907 bits per heavy atom. The van der Waals surface area contributed by atoms with E-state index in [1.807, 2.05) is 148 Å². The SMILES string of the molecule is Cc1ccc(N2CCc3ncnc(Cl)c3C2)c(C#N)c1.Cc1ccc(N2CCc3ncnc(NCc4ccc5ocnc5c4)c3C2)c(C#N)c1.N#Cc1ccccc1N1CCc2ncncc2C1.N#Cc1ccccc1N1CCc2ncncc2C1.NCc1ccc2ocnc2c1. The quantitative estimate of drug-likeness (QED) is 0.134. The van der Waals surface area contributed by atoms with Gasteiger partial charge in [-0.15, -0.1) is 0 Å². The summed E-state index contributed by atoms with van der Waals surface area (Å²) in [4.78, 5) is 51.1. The number of halogens is 1. The first kappa shape index (κ1) is 64.9. The fourth-order valence-corrected chi connectivity index (χ4v) is 12.3. The second-order valence-corrected chi connectivity index (χ2v) is 23.7. The summed E-state index contributed by atoms with van der Waals surface area (Å²) in [6.45, 7) is 11.5. The number of benzene rings is 6. The molecule has 16 rings (SSSR count). The number of nitriles is 4. The molecule has 480 valence electrons. The average Bonchev–Trinajstić information content (AvgIpc) is 1.54. The summed E-state index contributed by atoms with van der Waals surface area (Å²) in [5.74, 6) is 0.829. The van der Waals surface area contributed by atoms with Crippen LogP contribution >= 0.6 is 11.6 Å². The number of para-hydroxylation sites is 2. The Morgan fingerprint density at radius 1 is 0.464 bits per heavy atom. The molecule has 0 spiro atoms. The Kier molecular flexibility index (Phi) is 20.5. The van der Waals surface area contributed by atoms with Gasteiger partial charge in [0, 0.05) is 126 Å². The van der Waals surface area contributed by atoms with E-state index < -0.39 is 0 Å². The van der Waals surface area contributed by atoms with Gasteiger partial charge in [0.25, 0.3) is 0 Å². The molecule has 0 radical (unpaired) electrons. The number of rotatable bonds is 8. The largest absolute Gasteiger partial charge is 0.443 e. The van der Waals surface area contributed by atoms with Crippen molar-refractivity contribution in [3.63, 3.8) is 0 Å². The molecule has 4 aliphatic rings. The van der Waals surface area contributed by atoms with Gasteiger partial charge in [-0.05, 0) is 109 Å². The lowest BCUT2D eigenvalue weighted by Gasteiger charge is -2.31. The maximum atomic E-state index is 9.57. The van der Waals surface area contributed by atoms with Crippen LogP contribution in [0.15, 0.2) is 181 Å². The van der Waals surface area contributed by atoms with E-state index in [9.17, 15) is 10.5 Å². The second-order valence-electron chi connectivity index (χ2n) is 23.3. The molecule has 0 amide bonds. The molecule has 23 heteroatoms. The van der Waals surface area contributed by atoms with E-state index in [4.69, 9.17) is 36.7 Å². The number of nitrogens with one attached hydrogen (secondary N) is 1. The van der Waals surface area contributed by atoms with Crippen LogP contribution in [0.4, 0.5) is 28.6 Å². The molecule has 10 heterocycles. The minimum Gasteiger partial charge on any atom is -0.443 e. The first-order valence-corrected chi connectivity index (χ1v) is 31.9. The molecule has 0 fully saturated rings. The number of nitrogens with zero attached hydrogens (tertiary/aromatic N) is 18. The summed E-state index contributed by atoms with van der Waals surface area (Å²) in [6, 6.07) is 48.1. The summed E-state index contributed by atoms with van der Waals surface area (Å²) in [5.41, 5.74) is 28.5. The summed E-state index contributed by atoms with van der Waals surface area (Å²) in [7, 11) is 0. The number of hydrogen-bond acceptors (Lipinski definition) is 22. The third kappa shape index (κ3) is 15.4. The fourth-order valence-electron chi connectivity index (χ4n) is 12.1. The zero-order chi connectivity index (χ0) is 67.0. The van der Waals surface area contributed by atoms with Gasteiger partial charge in [0.2, 0.25) is 0 Å². The van der Waals surface area contributed by atoms with Crippen LogP contribution in [0.1, 0.15) is 89.5 Å². The van der Waals surface area contributed by atoms with Crippen LogP contribution in [0, 0.1) is 59.2 Å². The van der Waals surface area contributed by atoms with Gasteiger partial charge in [0.15, 0.2) is 24.0 Å². The third-order valence-corrected chi connectivity index (χ3v) is 17.4. The van der Waals surface area contributed by atoms with E-state index in [0.717, 1.165) is 194 Å². The lowest BCUT2D eigenvalue weighted by molar-refractivity contribution is 0.602. The molecule has 0 saturated carbocycles. The lowest BCUT2D eigenvalue weighted by atomic mass is 10.0. The summed E-state index contributed by atoms with van der Waals surface area (Å²) in [5, 5.41) is 41.1. The molecule has 6 aromatic carbocycles. The van der Waals surface area contributed by atoms with Gasteiger partial charge in [-0.3, -0.25) is 0 Å². The Hall–Kier alpha value is -12.2. The zero-order valence-electron chi connectivity index (χ0n) is 53.4. The van der Waals surface area contributed by atoms with Crippen molar-refractivity contribution in [2.75, 3.05) is 51.1 Å². The number of oxazole rings is 2. The van der Waals surface area contributed by atoms with Crippen molar-refractivity contribution in [1.29, 1.82) is 21.0 Å². The lowest BCUT2D eigenvalue weighted by Crippen LogP contribution is -2.32. The van der Waals surface area contributed by atoms with Crippen LogP contribution in [0.5, 0.6) is 0 Å². The van der Waals surface area contributed by atoms with Crippen molar-refractivity contribution in [3.8, 4) is 24.3 Å². The van der Waals surface area contributed by atoms with Gasteiger partial charge >= 0.3 is 0 Å². The molecule has 0 aliphatic carbocycles. The van der Waals surface area contributed by atoms with Gasteiger partial charge in [0.05, 0.1) is 67.8 Å². The smallest absolute Gasteiger partial charge is 0.181 e. The van der Waals surface area contributed by atoms with Crippen LogP contribution < -0.4 is 30.7 Å². The number of aromatic nitrogens is 10. The average molecular weight is 1300 g/mol. The van der Waals surface area contributed by atoms with Crippen molar-refractivity contribution in [1.82, 2.24) is 49.8 Å². The third-order valence-electron chi connectivity index (χ3n) is 17.1. The number of anilines is 5. The van der Waals surface area contributed by atoms with E-state index >= 15 is 0 Å². The van der Waals surface area contributed by atoms with Crippen molar-refractivity contribution < 1.29 is 8.83 Å². The molecule has 97 heavy (non-hydrogen) atoms. The molecule has 4 aliphatic heterocycles. The highest BCUT2D eigenvalue weighted by Crippen LogP contribution is 2.33. The topological polar surface area (TPSA) is 301 Å². The Labute approximate surface area is 565 Å². The molecular weight excluding hydrogens is 1240 g/mol. The van der Waals surface area contributed by atoms with E-state index in [0.29, 0.717) is 42.5 Å². The zero-order valence-corrected chi connectivity index (χ0v) is 54.1. The van der Waals surface area contributed by atoms with Crippen LogP contribution in [-0.2, 0) is 65.0 Å². The normalized spacial score (nSPS) is 13.2. The molecule has 0 unspecified atom stereocenters. The minimum absolute atomic E-state index is 0.505. The molecule has 0 saturated heterocycles. The van der Waals surface area contributed by atoms with Gasteiger partial charge in [-0.2, -0.15) is 21.0 Å². The van der Waals surface area contributed by atoms with Crippen LogP contribution in [-0.4, -0.2) is 76.0 Å². The van der Waals surface area contributed by atoms with Crippen LogP contribution in [0.2, 0.25) is 5.15 Å². The van der Waals surface area contributed by atoms with Gasteiger partial charge in [-0.1, -0.05) is 60.1 Å². The second kappa shape index (κ2) is 30.7. The van der Waals surface area contributed by atoms with Crippen molar-refractivity contribution in [2.45, 2.75) is 78.8 Å². The Bertz CT molecular complexity index is 4860. The van der Waals surface area contributed by atoms with Crippen LogP contribution in [0.25, 0.3) is 22.2 Å². The van der Waals surface area contributed by atoms with Gasteiger partial charge < -0.3 is 39.5 Å². The highest BCUT2D eigenvalue weighted by Gasteiger charge is 2.26. The summed E-state index contributed by atoms with van der Waals surface area (Å²) >= 11 is 6.15. The molecular formula is C74H65ClN20O2.